The van der Waals surface area contributed by atoms with E-state index in [0.717, 1.165) is 30.3 Å². The van der Waals surface area contributed by atoms with Crippen molar-refractivity contribution in [3.8, 4) is 0 Å². The molecule has 17 heavy (non-hydrogen) atoms. The molecular formula is C15H28N2. The lowest BCUT2D eigenvalue weighted by atomic mass is 9.88. The minimum atomic E-state index is 0.842. The van der Waals surface area contributed by atoms with Crippen molar-refractivity contribution >= 4 is 0 Å². The first-order valence-corrected chi connectivity index (χ1v) is 7.81. The molecule has 2 bridgehead atoms. The van der Waals surface area contributed by atoms with Gasteiger partial charge in [-0.1, -0.05) is 13.3 Å². The fourth-order valence-corrected chi connectivity index (χ4v) is 4.58. The van der Waals surface area contributed by atoms with E-state index in [1.807, 2.05) is 0 Å². The van der Waals surface area contributed by atoms with Crippen LogP contribution in [0.3, 0.4) is 0 Å². The zero-order valence-electron chi connectivity index (χ0n) is 11.3. The molecule has 0 aromatic carbocycles. The van der Waals surface area contributed by atoms with Crippen molar-refractivity contribution in [1.82, 2.24) is 10.2 Å². The molecule has 0 spiro atoms. The highest BCUT2D eigenvalue weighted by atomic mass is 15.2. The number of nitrogens with one attached hydrogen (secondary N) is 1. The Bertz CT molecular complexity index is 253. The smallest absolute Gasteiger partial charge is 0.0221 e. The maximum Gasteiger partial charge on any atom is 0.0221 e. The largest absolute Gasteiger partial charge is 0.315 e. The van der Waals surface area contributed by atoms with Crippen LogP contribution in [0.15, 0.2) is 0 Å². The van der Waals surface area contributed by atoms with Gasteiger partial charge < -0.3 is 5.32 Å². The van der Waals surface area contributed by atoms with E-state index in [1.54, 1.807) is 25.7 Å². The van der Waals surface area contributed by atoms with Crippen molar-refractivity contribution in [3.05, 3.63) is 0 Å². The van der Waals surface area contributed by atoms with Crippen LogP contribution in [0.2, 0.25) is 0 Å². The topological polar surface area (TPSA) is 15.3 Å². The van der Waals surface area contributed by atoms with E-state index in [4.69, 9.17) is 0 Å². The van der Waals surface area contributed by atoms with Crippen LogP contribution in [-0.4, -0.2) is 37.1 Å². The van der Waals surface area contributed by atoms with E-state index in [0.29, 0.717) is 0 Å². The molecule has 3 rings (SSSR count). The fourth-order valence-electron chi connectivity index (χ4n) is 4.58. The lowest BCUT2D eigenvalue weighted by Gasteiger charge is -2.31. The molecule has 4 atom stereocenters. The van der Waals surface area contributed by atoms with Gasteiger partial charge in [-0.15, -0.1) is 0 Å². The van der Waals surface area contributed by atoms with Gasteiger partial charge in [0.1, 0.15) is 0 Å². The van der Waals surface area contributed by atoms with E-state index in [-0.39, 0.29) is 0 Å². The summed E-state index contributed by atoms with van der Waals surface area (Å²) in [4.78, 5) is 2.80. The first kappa shape index (κ1) is 12.0. The second-order valence-electron chi connectivity index (χ2n) is 6.53. The second kappa shape index (κ2) is 5.27. The number of likely N-dealkylation sites (tertiary alicyclic amines) is 1. The number of hydrogen-bond acceptors (Lipinski definition) is 2. The summed E-state index contributed by atoms with van der Waals surface area (Å²) in [6.07, 6.45) is 9.05. The quantitative estimate of drug-likeness (QED) is 0.789. The number of rotatable bonds is 5. The van der Waals surface area contributed by atoms with Crippen LogP contribution in [0.25, 0.3) is 0 Å². The molecule has 3 fully saturated rings. The van der Waals surface area contributed by atoms with Gasteiger partial charge in [0.15, 0.2) is 0 Å². The molecule has 1 heterocycles. The maximum absolute atomic E-state index is 3.54. The Kier molecular flexibility index (Phi) is 3.72. The van der Waals surface area contributed by atoms with E-state index < -0.39 is 0 Å². The van der Waals surface area contributed by atoms with E-state index in [1.165, 1.54) is 32.5 Å². The van der Waals surface area contributed by atoms with E-state index >= 15 is 0 Å². The lowest BCUT2D eigenvalue weighted by Crippen LogP contribution is -2.41. The summed E-state index contributed by atoms with van der Waals surface area (Å²) in [6, 6.07) is 0.842. The monoisotopic (exact) mass is 236 g/mol. The SMILES string of the molecule is CCNCC1CCCN1CC1CC2CCC1C2. The first-order chi connectivity index (χ1) is 8.36. The molecule has 1 saturated heterocycles. The Hall–Kier alpha value is -0.0800. The molecule has 4 unspecified atom stereocenters. The molecule has 2 saturated carbocycles. The normalized spacial score (nSPS) is 41.5. The highest BCUT2D eigenvalue weighted by Crippen LogP contribution is 2.48. The highest BCUT2D eigenvalue weighted by Gasteiger charge is 2.41. The number of hydrogen-bond donors (Lipinski definition) is 1. The molecule has 2 aliphatic carbocycles. The Morgan fingerprint density at radius 2 is 2.12 bits per heavy atom. The van der Waals surface area contributed by atoms with Crippen LogP contribution >= 0.6 is 0 Å². The van der Waals surface area contributed by atoms with Gasteiger partial charge in [-0.2, -0.15) is 0 Å². The van der Waals surface area contributed by atoms with Crippen LogP contribution in [0.5, 0.6) is 0 Å². The number of fused-ring (bicyclic) bond motifs is 2. The van der Waals surface area contributed by atoms with Gasteiger partial charge in [0, 0.05) is 19.1 Å². The number of likely N-dealkylation sites (N-methyl/N-ethyl adjacent to an activating group) is 1. The van der Waals surface area contributed by atoms with Crippen molar-refractivity contribution in [2.45, 2.75) is 51.5 Å². The van der Waals surface area contributed by atoms with Gasteiger partial charge in [0.25, 0.3) is 0 Å². The number of nitrogens with zero attached hydrogens (tertiary/aromatic N) is 1. The lowest BCUT2D eigenvalue weighted by molar-refractivity contribution is 0.175. The highest BCUT2D eigenvalue weighted by molar-refractivity contribution is 4.93. The third-order valence-corrected chi connectivity index (χ3v) is 5.48. The van der Waals surface area contributed by atoms with Gasteiger partial charge >= 0.3 is 0 Å². The molecule has 0 aromatic heterocycles. The molecule has 2 nitrogen and oxygen atoms in total. The van der Waals surface area contributed by atoms with Crippen molar-refractivity contribution in [3.63, 3.8) is 0 Å². The Morgan fingerprint density at radius 1 is 1.18 bits per heavy atom. The predicted molar refractivity (Wildman–Crippen MR) is 72.1 cm³/mol. The zero-order valence-corrected chi connectivity index (χ0v) is 11.3. The van der Waals surface area contributed by atoms with Crippen LogP contribution in [-0.2, 0) is 0 Å². The molecule has 0 radical (unpaired) electrons. The molecule has 2 heteroatoms. The summed E-state index contributed by atoms with van der Waals surface area (Å²) in [5, 5.41) is 3.54. The van der Waals surface area contributed by atoms with Crippen LogP contribution in [0.4, 0.5) is 0 Å². The average molecular weight is 236 g/mol. The van der Waals surface area contributed by atoms with Gasteiger partial charge in [0.05, 0.1) is 0 Å². The molecule has 3 aliphatic rings. The maximum atomic E-state index is 3.54. The summed E-state index contributed by atoms with van der Waals surface area (Å²) in [5.74, 6) is 3.26. The predicted octanol–water partition coefficient (Wildman–Crippen LogP) is 2.50. The minimum Gasteiger partial charge on any atom is -0.315 e. The Balaban J connectivity index is 1.50. The standard InChI is InChI=1S/C15H28N2/c1-2-16-10-15-4-3-7-17(15)11-14-9-12-5-6-13(14)8-12/h12-16H,2-11H2,1H3. The van der Waals surface area contributed by atoms with E-state index in [9.17, 15) is 0 Å². The fraction of sp³-hybridized carbons (Fsp3) is 1.00. The minimum absolute atomic E-state index is 0.842. The Morgan fingerprint density at radius 3 is 2.82 bits per heavy atom. The molecule has 0 amide bonds. The van der Waals surface area contributed by atoms with Gasteiger partial charge in [-0.05, 0) is 62.9 Å². The average Bonchev–Trinajstić information content (AvgIpc) is 3.02. The summed E-state index contributed by atoms with van der Waals surface area (Å²) < 4.78 is 0. The molecule has 0 aromatic rings. The molecular weight excluding hydrogens is 208 g/mol. The molecule has 98 valence electrons. The van der Waals surface area contributed by atoms with Gasteiger partial charge in [-0.3, -0.25) is 4.90 Å². The summed E-state index contributed by atoms with van der Waals surface area (Å²) in [5.41, 5.74) is 0. The van der Waals surface area contributed by atoms with Gasteiger partial charge in [0.2, 0.25) is 0 Å². The van der Waals surface area contributed by atoms with Crippen molar-refractivity contribution in [1.29, 1.82) is 0 Å². The Labute approximate surface area is 106 Å². The third-order valence-electron chi connectivity index (χ3n) is 5.48. The van der Waals surface area contributed by atoms with Crippen LogP contribution in [0, 0.1) is 17.8 Å². The molecule has 1 aliphatic heterocycles. The van der Waals surface area contributed by atoms with Crippen molar-refractivity contribution < 1.29 is 0 Å². The third kappa shape index (κ3) is 2.53. The summed E-state index contributed by atoms with van der Waals surface area (Å²) >= 11 is 0. The zero-order chi connectivity index (χ0) is 11.7. The van der Waals surface area contributed by atoms with Crippen LogP contribution < -0.4 is 5.32 Å². The summed E-state index contributed by atoms with van der Waals surface area (Å²) in [6.45, 7) is 7.34. The van der Waals surface area contributed by atoms with Gasteiger partial charge in [-0.25, -0.2) is 0 Å². The van der Waals surface area contributed by atoms with Crippen molar-refractivity contribution in [2.75, 3.05) is 26.2 Å². The first-order valence-electron chi connectivity index (χ1n) is 7.81. The molecule has 1 N–H and O–H groups in total. The van der Waals surface area contributed by atoms with Crippen molar-refractivity contribution in [2.24, 2.45) is 17.8 Å². The summed E-state index contributed by atoms with van der Waals surface area (Å²) in [7, 11) is 0. The van der Waals surface area contributed by atoms with E-state index in [2.05, 4.69) is 17.1 Å². The second-order valence-corrected chi connectivity index (χ2v) is 6.53. The van der Waals surface area contributed by atoms with Crippen LogP contribution in [0.1, 0.15) is 45.4 Å².